The highest BCUT2D eigenvalue weighted by Crippen LogP contribution is 2.18. The van der Waals surface area contributed by atoms with E-state index < -0.39 is 18.1 Å². The number of aliphatic carboxylic acids is 1. The molecule has 1 aliphatic heterocycles. The smallest absolute Gasteiger partial charge is 0.410 e. The zero-order valence-corrected chi connectivity index (χ0v) is 6.82. The standard InChI is InChI=1S/C7H11NO4/c1-2-12-7(11)8-4-3-5(8)6(9)10/h5H,2-4H2,1H3,(H,9,10). The van der Waals surface area contributed by atoms with Crippen LogP contribution in [0, 0.1) is 0 Å². The fraction of sp³-hybridized carbons (Fsp3) is 0.714. The molecule has 0 aromatic rings. The summed E-state index contributed by atoms with van der Waals surface area (Å²) in [7, 11) is 0. The first kappa shape index (κ1) is 8.83. The molecule has 12 heavy (non-hydrogen) atoms. The van der Waals surface area contributed by atoms with E-state index in [1.54, 1.807) is 6.92 Å². The number of carbonyl (C=O) groups excluding carboxylic acids is 1. The van der Waals surface area contributed by atoms with Gasteiger partial charge in [-0.3, -0.25) is 4.90 Å². The Morgan fingerprint density at radius 2 is 2.33 bits per heavy atom. The quantitative estimate of drug-likeness (QED) is 0.652. The van der Waals surface area contributed by atoms with E-state index in [4.69, 9.17) is 5.11 Å². The summed E-state index contributed by atoms with van der Waals surface area (Å²) in [5.41, 5.74) is 0. The van der Waals surface area contributed by atoms with E-state index in [1.807, 2.05) is 0 Å². The molecule has 5 nitrogen and oxygen atoms in total. The van der Waals surface area contributed by atoms with E-state index >= 15 is 0 Å². The van der Waals surface area contributed by atoms with Crippen LogP contribution in [0.5, 0.6) is 0 Å². The number of ether oxygens (including phenoxy) is 1. The van der Waals surface area contributed by atoms with Crippen molar-refractivity contribution in [3.63, 3.8) is 0 Å². The molecule has 1 rings (SSSR count). The third-order valence-corrected chi connectivity index (χ3v) is 1.81. The second kappa shape index (κ2) is 3.42. The first-order valence-electron chi connectivity index (χ1n) is 3.83. The summed E-state index contributed by atoms with van der Waals surface area (Å²) in [5.74, 6) is -0.964. The Balaban J connectivity index is 2.43. The van der Waals surface area contributed by atoms with Gasteiger partial charge in [0.15, 0.2) is 0 Å². The maximum Gasteiger partial charge on any atom is 0.410 e. The van der Waals surface area contributed by atoms with E-state index in [1.165, 1.54) is 4.90 Å². The second-order valence-corrected chi connectivity index (χ2v) is 2.54. The second-order valence-electron chi connectivity index (χ2n) is 2.54. The van der Waals surface area contributed by atoms with Gasteiger partial charge in [0, 0.05) is 6.54 Å². The van der Waals surface area contributed by atoms with E-state index in [9.17, 15) is 9.59 Å². The number of hydrogen-bond acceptors (Lipinski definition) is 3. The van der Waals surface area contributed by atoms with Gasteiger partial charge < -0.3 is 9.84 Å². The monoisotopic (exact) mass is 173 g/mol. The van der Waals surface area contributed by atoms with Crippen molar-refractivity contribution < 1.29 is 19.4 Å². The number of carbonyl (C=O) groups is 2. The van der Waals surface area contributed by atoms with E-state index in [-0.39, 0.29) is 6.61 Å². The number of carboxylic acid groups (broad SMARTS) is 1. The van der Waals surface area contributed by atoms with Crippen LogP contribution in [0.1, 0.15) is 13.3 Å². The normalized spacial score (nSPS) is 21.4. The number of likely N-dealkylation sites (tertiary alicyclic amines) is 1. The van der Waals surface area contributed by atoms with Crippen molar-refractivity contribution in [2.75, 3.05) is 13.2 Å². The van der Waals surface area contributed by atoms with Crippen LogP contribution in [0.3, 0.4) is 0 Å². The van der Waals surface area contributed by atoms with Crippen LogP contribution in [0.2, 0.25) is 0 Å². The van der Waals surface area contributed by atoms with Crippen molar-refractivity contribution in [2.45, 2.75) is 19.4 Å². The minimum Gasteiger partial charge on any atom is -0.480 e. The summed E-state index contributed by atoms with van der Waals surface area (Å²) in [5, 5.41) is 8.57. The van der Waals surface area contributed by atoms with Gasteiger partial charge in [0.25, 0.3) is 0 Å². The molecule has 1 saturated heterocycles. The first-order chi connectivity index (χ1) is 5.66. The molecular formula is C7H11NO4. The highest BCUT2D eigenvalue weighted by atomic mass is 16.6. The van der Waals surface area contributed by atoms with Gasteiger partial charge in [-0.25, -0.2) is 9.59 Å². The highest BCUT2D eigenvalue weighted by Gasteiger charge is 2.38. The summed E-state index contributed by atoms with van der Waals surface area (Å²) in [6.07, 6.45) is -0.00937. The van der Waals surface area contributed by atoms with Gasteiger partial charge in [-0.05, 0) is 13.3 Å². The predicted molar refractivity (Wildman–Crippen MR) is 39.8 cm³/mol. The maximum atomic E-state index is 11.0. The van der Waals surface area contributed by atoms with Crippen LogP contribution < -0.4 is 0 Å². The molecule has 1 fully saturated rings. The van der Waals surface area contributed by atoms with Crippen LogP contribution in [0.25, 0.3) is 0 Å². The molecule has 1 atom stereocenters. The van der Waals surface area contributed by atoms with Crippen LogP contribution in [-0.4, -0.2) is 41.3 Å². The lowest BCUT2D eigenvalue weighted by molar-refractivity contribution is -0.146. The summed E-state index contributed by atoms with van der Waals surface area (Å²) in [4.78, 5) is 22.6. The van der Waals surface area contributed by atoms with Crippen molar-refractivity contribution in [1.82, 2.24) is 4.90 Å². The molecule has 5 heteroatoms. The lowest BCUT2D eigenvalue weighted by Gasteiger charge is -2.36. The maximum absolute atomic E-state index is 11.0. The fourth-order valence-electron chi connectivity index (χ4n) is 1.07. The molecular weight excluding hydrogens is 162 g/mol. The summed E-state index contributed by atoms with van der Waals surface area (Å²) in [6.45, 7) is 2.45. The number of rotatable bonds is 2. The Morgan fingerprint density at radius 3 is 2.67 bits per heavy atom. The molecule has 0 bridgehead atoms. The van der Waals surface area contributed by atoms with Crippen molar-refractivity contribution in [3.8, 4) is 0 Å². The molecule has 0 saturated carbocycles. The zero-order chi connectivity index (χ0) is 9.14. The van der Waals surface area contributed by atoms with Gasteiger partial charge in [0.05, 0.1) is 6.61 Å². The van der Waals surface area contributed by atoms with Crippen molar-refractivity contribution in [1.29, 1.82) is 0 Å². The van der Waals surface area contributed by atoms with E-state index in [0.717, 1.165) is 0 Å². The van der Waals surface area contributed by atoms with Crippen LogP contribution in [0.4, 0.5) is 4.79 Å². The molecule has 0 spiro atoms. The fourth-order valence-corrected chi connectivity index (χ4v) is 1.07. The average molecular weight is 173 g/mol. The summed E-state index contributed by atoms with van der Waals surface area (Å²) >= 11 is 0. The molecule has 1 aliphatic rings. The Morgan fingerprint density at radius 1 is 1.67 bits per heavy atom. The van der Waals surface area contributed by atoms with Crippen molar-refractivity contribution in [2.24, 2.45) is 0 Å². The molecule has 0 aromatic heterocycles. The minimum atomic E-state index is -0.964. The third-order valence-electron chi connectivity index (χ3n) is 1.81. The SMILES string of the molecule is CCOC(=O)N1CCC1C(=O)O. The van der Waals surface area contributed by atoms with Crippen molar-refractivity contribution >= 4 is 12.1 Å². The largest absolute Gasteiger partial charge is 0.480 e. The molecule has 0 radical (unpaired) electrons. The van der Waals surface area contributed by atoms with Crippen LogP contribution in [-0.2, 0) is 9.53 Å². The Hall–Kier alpha value is -1.26. The molecule has 1 unspecified atom stereocenters. The number of hydrogen-bond donors (Lipinski definition) is 1. The Bertz CT molecular complexity index is 204. The first-order valence-corrected chi connectivity index (χ1v) is 3.83. The molecule has 1 N–H and O–H groups in total. The van der Waals surface area contributed by atoms with E-state index in [0.29, 0.717) is 13.0 Å². The average Bonchev–Trinajstić information content (AvgIpc) is 1.82. The molecule has 0 aromatic carbocycles. The van der Waals surface area contributed by atoms with Gasteiger partial charge in [0.1, 0.15) is 6.04 Å². The summed E-state index contributed by atoms with van der Waals surface area (Å²) < 4.78 is 4.65. The van der Waals surface area contributed by atoms with E-state index in [2.05, 4.69) is 4.74 Å². The summed E-state index contributed by atoms with van der Waals surface area (Å²) in [6, 6.07) is -0.677. The number of nitrogens with zero attached hydrogens (tertiary/aromatic N) is 1. The van der Waals surface area contributed by atoms with Gasteiger partial charge in [0.2, 0.25) is 0 Å². The van der Waals surface area contributed by atoms with Gasteiger partial charge in [-0.2, -0.15) is 0 Å². The lowest BCUT2D eigenvalue weighted by Crippen LogP contribution is -2.55. The Kier molecular flexibility index (Phi) is 2.52. The predicted octanol–water partition coefficient (Wildman–Crippen LogP) is 0.302. The van der Waals surface area contributed by atoms with Gasteiger partial charge >= 0.3 is 12.1 Å². The molecule has 1 amide bonds. The number of carboxylic acids is 1. The highest BCUT2D eigenvalue weighted by molar-refractivity contribution is 5.81. The number of amides is 1. The minimum absolute atomic E-state index is 0.279. The van der Waals surface area contributed by atoms with Crippen molar-refractivity contribution in [3.05, 3.63) is 0 Å². The topological polar surface area (TPSA) is 66.8 Å². The Labute approximate surface area is 69.9 Å². The molecule has 1 heterocycles. The van der Waals surface area contributed by atoms with Gasteiger partial charge in [-0.1, -0.05) is 0 Å². The lowest BCUT2D eigenvalue weighted by atomic mass is 10.1. The van der Waals surface area contributed by atoms with Gasteiger partial charge in [-0.15, -0.1) is 0 Å². The zero-order valence-electron chi connectivity index (χ0n) is 6.82. The van der Waals surface area contributed by atoms with Crippen LogP contribution >= 0.6 is 0 Å². The third kappa shape index (κ3) is 1.49. The van der Waals surface area contributed by atoms with Crippen LogP contribution in [0.15, 0.2) is 0 Å². The molecule has 68 valence electrons. The molecule has 0 aliphatic carbocycles.